The molecule has 4 atom stereocenters. The summed E-state index contributed by atoms with van der Waals surface area (Å²) < 4.78 is 5.50. The number of hydrogen-bond acceptors (Lipinski definition) is 7. The van der Waals surface area contributed by atoms with Gasteiger partial charge in [-0.15, -0.1) is 0 Å². The van der Waals surface area contributed by atoms with Gasteiger partial charge in [0.2, 0.25) is 5.75 Å². The Hall–Kier alpha value is -3.76. The van der Waals surface area contributed by atoms with Crippen LogP contribution in [0.3, 0.4) is 0 Å². The summed E-state index contributed by atoms with van der Waals surface area (Å²) >= 11 is 11.9. The van der Waals surface area contributed by atoms with Gasteiger partial charge in [0.25, 0.3) is 17.7 Å². The van der Waals surface area contributed by atoms with Crippen molar-refractivity contribution < 1.29 is 24.0 Å². The Kier molecular flexibility index (Phi) is 6.23. The van der Waals surface area contributed by atoms with Crippen molar-refractivity contribution in [2.75, 3.05) is 11.9 Å². The van der Waals surface area contributed by atoms with Gasteiger partial charge in [0.1, 0.15) is 0 Å². The number of halogens is 2. The highest BCUT2D eigenvalue weighted by Crippen LogP contribution is 2.52. The number of carbonyl (C=O) groups excluding carboxylic acids is 3. The molecule has 2 aromatic rings. The van der Waals surface area contributed by atoms with Crippen molar-refractivity contribution in [1.82, 2.24) is 5.01 Å². The predicted molar refractivity (Wildman–Crippen MR) is 131 cm³/mol. The van der Waals surface area contributed by atoms with Crippen LogP contribution in [0.15, 0.2) is 53.7 Å². The molecule has 2 aliphatic carbocycles. The average molecular weight is 529 g/mol. The van der Waals surface area contributed by atoms with Crippen molar-refractivity contribution in [2.45, 2.75) is 6.42 Å². The molecule has 3 aliphatic rings. The normalized spacial score (nSPS) is 24.0. The first-order valence-corrected chi connectivity index (χ1v) is 11.7. The number of amides is 3. The van der Waals surface area contributed by atoms with Crippen molar-refractivity contribution in [2.24, 2.45) is 28.8 Å². The van der Waals surface area contributed by atoms with Crippen molar-refractivity contribution >= 4 is 58.5 Å². The Morgan fingerprint density at radius 2 is 1.75 bits per heavy atom. The second kappa shape index (κ2) is 9.36. The van der Waals surface area contributed by atoms with Gasteiger partial charge in [-0.2, -0.15) is 10.1 Å². The Morgan fingerprint density at radius 1 is 1.11 bits per heavy atom. The predicted octanol–water partition coefficient (Wildman–Crippen LogP) is 4.06. The minimum absolute atomic E-state index is 0.0132. The molecule has 3 amide bonds. The van der Waals surface area contributed by atoms with E-state index in [1.165, 1.54) is 6.07 Å². The van der Waals surface area contributed by atoms with Crippen LogP contribution in [0.25, 0.3) is 0 Å². The number of fused-ring (bicyclic) bond motifs is 5. The van der Waals surface area contributed by atoms with E-state index in [-0.39, 0.29) is 28.2 Å². The number of allylic oxidation sites excluding steroid dienone is 2. The number of hydrazone groups is 1. The number of nitro benzene ring substituents is 1. The minimum atomic E-state index is -0.713. The maximum absolute atomic E-state index is 12.9. The highest BCUT2D eigenvalue weighted by atomic mass is 35.5. The zero-order valence-electron chi connectivity index (χ0n) is 18.5. The molecule has 1 saturated carbocycles. The van der Waals surface area contributed by atoms with Crippen molar-refractivity contribution in [3.63, 3.8) is 0 Å². The van der Waals surface area contributed by atoms with E-state index in [1.807, 2.05) is 12.2 Å². The van der Waals surface area contributed by atoms with E-state index in [4.69, 9.17) is 27.9 Å². The Balaban J connectivity index is 1.37. The smallest absolute Gasteiger partial charge is 0.313 e. The maximum atomic E-state index is 12.9. The van der Waals surface area contributed by atoms with Crippen LogP contribution < -0.4 is 10.1 Å². The van der Waals surface area contributed by atoms with Crippen molar-refractivity contribution in [3.8, 4) is 5.75 Å². The lowest BCUT2D eigenvalue weighted by atomic mass is 9.85. The largest absolute Gasteiger partial charge is 0.476 e. The van der Waals surface area contributed by atoms with E-state index in [2.05, 4.69) is 10.4 Å². The summed E-state index contributed by atoms with van der Waals surface area (Å²) in [6, 6.07) is 8.77. The summed E-state index contributed by atoms with van der Waals surface area (Å²) in [5, 5.41) is 19.6. The Bertz CT molecular complexity index is 1310. The Morgan fingerprint density at radius 3 is 2.36 bits per heavy atom. The van der Waals surface area contributed by atoms with Gasteiger partial charge in [-0.1, -0.05) is 35.4 Å². The SMILES string of the molecule is O=C(COc1c(C=NN2C(=O)[C@@H]3[C@H](C2=O)[C@H]2C=C[C@H]3C2)cc(Cl)cc1[N+](=O)[O-])Nc1ccc(Cl)cc1. The first kappa shape index (κ1) is 24.0. The van der Waals surface area contributed by atoms with Crippen molar-refractivity contribution in [3.05, 3.63) is 74.3 Å². The van der Waals surface area contributed by atoms with Crippen LogP contribution in [0, 0.1) is 33.8 Å². The quantitative estimate of drug-likeness (QED) is 0.189. The molecule has 12 heteroatoms. The molecule has 2 bridgehead atoms. The monoisotopic (exact) mass is 528 g/mol. The molecule has 0 aromatic heterocycles. The molecule has 10 nitrogen and oxygen atoms in total. The lowest BCUT2D eigenvalue weighted by molar-refractivity contribution is -0.385. The third-order valence-electron chi connectivity index (χ3n) is 6.49. The molecule has 0 spiro atoms. The fourth-order valence-corrected chi connectivity index (χ4v) is 5.32. The first-order valence-electron chi connectivity index (χ1n) is 11.0. The summed E-state index contributed by atoms with van der Waals surface area (Å²) in [5.74, 6) is -2.51. The molecular weight excluding hydrogens is 511 g/mol. The van der Waals surface area contributed by atoms with E-state index >= 15 is 0 Å². The third-order valence-corrected chi connectivity index (χ3v) is 6.96. The first-order chi connectivity index (χ1) is 17.2. The van der Waals surface area contributed by atoms with E-state index < -0.39 is 46.8 Å². The summed E-state index contributed by atoms with van der Waals surface area (Å²) in [5.41, 5.74) is -0.00543. The van der Waals surface area contributed by atoms with Crippen LogP contribution >= 0.6 is 23.2 Å². The average Bonchev–Trinajstić information content (AvgIpc) is 3.52. The van der Waals surface area contributed by atoms with Gasteiger partial charge < -0.3 is 10.1 Å². The number of rotatable bonds is 7. The van der Waals surface area contributed by atoms with Crippen LogP contribution in [-0.4, -0.2) is 40.5 Å². The number of nitrogens with zero attached hydrogens (tertiary/aromatic N) is 3. The molecule has 184 valence electrons. The van der Waals surface area contributed by atoms with Crippen LogP contribution in [0.2, 0.25) is 10.0 Å². The molecular formula is C24H18Cl2N4O6. The van der Waals surface area contributed by atoms with Gasteiger partial charge in [-0.3, -0.25) is 24.5 Å². The summed E-state index contributed by atoms with van der Waals surface area (Å²) in [6.07, 6.45) is 5.82. The second-order valence-corrected chi connectivity index (χ2v) is 9.55. The zero-order chi connectivity index (χ0) is 25.6. The highest BCUT2D eigenvalue weighted by molar-refractivity contribution is 6.31. The van der Waals surface area contributed by atoms with Crippen LogP contribution in [0.1, 0.15) is 12.0 Å². The van der Waals surface area contributed by atoms with Gasteiger partial charge in [0.15, 0.2) is 6.61 Å². The van der Waals surface area contributed by atoms with Crippen LogP contribution in [-0.2, 0) is 14.4 Å². The van der Waals surface area contributed by atoms with Crippen LogP contribution in [0.4, 0.5) is 11.4 Å². The van der Waals surface area contributed by atoms with Gasteiger partial charge in [-0.25, -0.2) is 0 Å². The number of anilines is 1. The topological polar surface area (TPSA) is 131 Å². The van der Waals surface area contributed by atoms with E-state index in [1.54, 1.807) is 24.3 Å². The molecule has 2 fully saturated rings. The molecule has 0 radical (unpaired) electrons. The lowest BCUT2D eigenvalue weighted by Crippen LogP contribution is -2.28. The number of nitrogens with one attached hydrogen (secondary N) is 1. The Labute approximate surface area is 214 Å². The number of nitro groups is 1. The molecule has 1 N–H and O–H groups in total. The molecule has 1 saturated heterocycles. The molecule has 36 heavy (non-hydrogen) atoms. The van der Waals surface area contributed by atoms with Gasteiger partial charge in [0.05, 0.1) is 23.0 Å². The lowest BCUT2D eigenvalue weighted by Gasteiger charge is -2.13. The number of ether oxygens (including phenoxy) is 1. The van der Waals surface area contributed by atoms with E-state index in [0.29, 0.717) is 10.7 Å². The van der Waals surface area contributed by atoms with Crippen molar-refractivity contribution in [1.29, 1.82) is 0 Å². The van der Waals surface area contributed by atoms with Gasteiger partial charge in [0, 0.05) is 27.4 Å². The number of benzene rings is 2. The molecule has 0 unspecified atom stereocenters. The number of hydrogen-bond donors (Lipinski definition) is 1. The molecule has 5 rings (SSSR count). The minimum Gasteiger partial charge on any atom is -0.476 e. The fraction of sp³-hybridized carbons (Fsp3) is 0.250. The fourth-order valence-electron chi connectivity index (χ4n) is 4.98. The second-order valence-electron chi connectivity index (χ2n) is 8.68. The zero-order valence-corrected chi connectivity index (χ0v) is 20.0. The van der Waals surface area contributed by atoms with E-state index in [0.717, 1.165) is 23.7 Å². The van der Waals surface area contributed by atoms with Gasteiger partial charge in [-0.05, 0) is 48.6 Å². The molecule has 1 heterocycles. The van der Waals surface area contributed by atoms with Gasteiger partial charge >= 0.3 is 5.69 Å². The molecule has 2 aromatic carbocycles. The maximum Gasteiger partial charge on any atom is 0.313 e. The summed E-state index contributed by atoms with van der Waals surface area (Å²) in [6.45, 7) is -0.563. The summed E-state index contributed by atoms with van der Waals surface area (Å²) in [4.78, 5) is 49.1. The van der Waals surface area contributed by atoms with Crippen LogP contribution in [0.5, 0.6) is 5.75 Å². The number of imide groups is 1. The summed E-state index contributed by atoms with van der Waals surface area (Å²) in [7, 11) is 0. The highest BCUT2D eigenvalue weighted by Gasteiger charge is 2.59. The number of carbonyl (C=O) groups is 3. The van der Waals surface area contributed by atoms with E-state index in [9.17, 15) is 24.5 Å². The third kappa shape index (κ3) is 4.33. The molecule has 1 aliphatic heterocycles. The standard InChI is InChI=1S/C24H18Cl2N4O6/c25-15-3-5-17(6-4-15)28-19(31)11-36-22-14(8-16(26)9-18(22)30(34)35)10-27-29-23(32)20-12-1-2-13(7-12)21(20)24(29)33/h1-6,8-10,12-13,20-21H,7,11H2,(H,28,31)/t12-,13-,20-,21+/m0/s1.